The molecule has 0 saturated carbocycles. The van der Waals surface area contributed by atoms with Gasteiger partial charge < -0.3 is 5.73 Å². The van der Waals surface area contributed by atoms with Gasteiger partial charge in [-0.2, -0.15) is 0 Å². The number of carbonyl (C=O) groups is 1. The predicted octanol–water partition coefficient (Wildman–Crippen LogP) is 0.946. The van der Waals surface area contributed by atoms with Crippen molar-refractivity contribution >= 4 is 5.91 Å². The van der Waals surface area contributed by atoms with Crippen molar-refractivity contribution in [1.29, 1.82) is 0 Å². The molecule has 0 aliphatic carbocycles. The first-order valence-electron chi connectivity index (χ1n) is 4.72. The quantitative estimate of drug-likeness (QED) is 0.806. The third-order valence-electron chi connectivity index (χ3n) is 2.21. The van der Waals surface area contributed by atoms with E-state index in [1.165, 1.54) is 0 Å². The number of hydrogen-bond donors (Lipinski definition) is 1. The fraction of sp³-hybridized carbons (Fsp3) is 0.0909. The van der Waals surface area contributed by atoms with E-state index >= 15 is 0 Å². The lowest BCUT2D eigenvalue weighted by Gasteiger charge is -2.07. The van der Waals surface area contributed by atoms with Gasteiger partial charge in [-0.1, -0.05) is 0 Å². The molecule has 2 heterocycles. The number of aryl methyl sites for hydroxylation is 1. The third-order valence-corrected chi connectivity index (χ3v) is 2.21. The maximum absolute atomic E-state index is 11.3. The summed E-state index contributed by atoms with van der Waals surface area (Å²) in [5.41, 5.74) is 7.63. The molecule has 2 aromatic heterocycles. The van der Waals surface area contributed by atoms with Gasteiger partial charge in [-0.05, 0) is 18.6 Å². The fourth-order valence-corrected chi connectivity index (χ4v) is 1.50. The molecule has 80 valence electrons. The molecule has 0 spiro atoms. The number of carbonyl (C=O) groups excluding carboxylic acids is 1. The highest BCUT2D eigenvalue weighted by atomic mass is 16.1. The lowest BCUT2D eigenvalue weighted by Crippen LogP contribution is -2.15. The number of rotatable bonds is 2. The summed E-state index contributed by atoms with van der Waals surface area (Å²) in [5, 5.41) is 0. The second kappa shape index (κ2) is 4.06. The summed E-state index contributed by atoms with van der Waals surface area (Å²) in [4.78, 5) is 23.3. The van der Waals surface area contributed by atoms with Crippen molar-refractivity contribution in [3.05, 3.63) is 42.1 Å². The molecule has 0 aromatic carbocycles. The number of pyridine rings is 1. The minimum Gasteiger partial charge on any atom is -0.364 e. The molecule has 0 aliphatic rings. The van der Waals surface area contributed by atoms with Crippen molar-refractivity contribution < 1.29 is 4.79 Å². The SMILES string of the molecule is Cc1ccnc(C(N)=O)c1-c1cnccn1. The molecule has 0 atom stereocenters. The van der Waals surface area contributed by atoms with E-state index in [4.69, 9.17) is 5.73 Å². The highest BCUT2D eigenvalue weighted by Gasteiger charge is 2.14. The van der Waals surface area contributed by atoms with Gasteiger partial charge >= 0.3 is 0 Å². The van der Waals surface area contributed by atoms with Gasteiger partial charge in [0.1, 0.15) is 5.69 Å². The summed E-state index contributed by atoms with van der Waals surface area (Å²) >= 11 is 0. The number of aromatic nitrogens is 3. The lowest BCUT2D eigenvalue weighted by molar-refractivity contribution is 0.0996. The van der Waals surface area contributed by atoms with Crippen LogP contribution in [0.5, 0.6) is 0 Å². The first kappa shape index (κ1) is 10.2. The van der Waals surface area contributed by atoms with E-state index in [2.05, 4.69) is 15.0 Å². The molecule has 5 heteroatoms. The van der Waals surface area contributed by atoms with E-state index < -0.39 is 5.91 Å². The zero-order valence-corrected chi connectivity index (χ0v) is 8.71. The van der Waals surface area contributed by atoms with Gasteiger partial charge in [-0.15, -0.1) is 0 Å². The molecule has 2 N–H and O–H groups in total. The van der Waals surface area contributed by atoms with Crippen LogP contribution in [0.2, 0.25) is 0 Å². The van der Waals surface area contributed by atoms with Crippen molar-refractivity contribution in [2.45, 2.75) is 6.92 Å². The monoisotopic (exact) mass is 214 g/mol. The number of nitrogens with two attached hydrogens (primary N) is 1. The first-order chi connectivity index (χ1) is 7.70. The zero-order valence-electron chi connectivity index (χ0n) is 8.71. The van der Waals surface area contributed by atoms with Crippen molar-refractivity contribution in [3.8, 4) is 11.3 Å². The molecule has 0 fully saturated rings. The molecule has 1 amide bonds. The van der Waals surface area contributed by atoms with Crippen LogP contribution in [0.1, 0.15) is 16.1 Å². The maximum atomic E-state index is 11.3. The molecule has 2 aromatic rings. The van der Waals surface area contributed by atoms with Gasteiger partial charge in [0.15, 0.2) is 0 Å². The molecular weight excluding hydrogens is 204 g/mol. The van der Waals surface area contributed by atoms with Crippen LogP contribution < -0.4 is 5.73 Å². The highest BCUT2D eigenvalue weighted by molar-refractivity contribution is 5.98. The Morgan fingerprint density at radius 1 is 1.25 bits per heavy atom. The second-order valence-electron chi connectivity index (χ2n) is 3.31. The van der Waals surface area contributed by atoms with E-state index in [0.29, 0.717) is 11.3 Å². The standard InChI is InChI=1S/C11H10N4O/c1-7-2-3-15-10(11(12)16)9(7)8-6-13-4-5-14-8/h2-6H,1H3,(H2,12,16). The zero-order chi connectivity index (χ0) is 11.5. The number of nitrogens with zero attached hydrogens (tertiary/aromatic N) is 3. The summed E-state index contributed by atoms with van der Waals surface area (Å²) in [5.74, 6) is -0.565. The predicted molar refractivity (Wildman–Crippen MR) is 58.5 cm³/mol. The summed E-state index contributed by atoms with van der Waals surface area (Å²) in [6.07, 6.45) is 6.26. The minimum atomic E-state index is -0.565. The Bertz CT molecular complexity index is 525. The van der Waals surface area contributed by atoms with Gasteiger partial charge in [0.05, 0.1) is 11.9 Å². The summed E-state index contributed by atoms with van der Waals surface area (Å²) in [7, 11) is 0. The molecule has 0 bridgehead atoms. The summed E-state index contributed by atoms with van der Waals surface area (Å²) in [6, 6.07) is 1.80. The van der Waals surface area contributed by atoms with Crippen molar-refractivity contribution in [2.24, 2.45) is 5.73 Å². The Morgan fingerprint density at radius 2 is 2.06 bits per heavy atom. The fourth-order valence-electron chi connectivity index (χ4n) is 1.50. The van der Waals surface area contributed by atoms with Crippen LogP contribution in [0.15, 0.2) is 30.9 Å². The summed E-state index contributed by atoms with van der Waals surface area (Å²) < 4.78 is 0. The number of primary amides is 1. The molecule has 0 unspecified atom stereocenters. The first-order valence-corrected chi connectivity index (χ1v) is 4.72. The van der Waals surface area contributed by atoms with Crippen molar-refractivity contribution in [2.75, 3.05) is 0 Å². The molecule has 0 saturated heterocycles. The molecule has 0 radical (unpaired) electrons. The molecule has 2 rings (SSSR count). The van der Waals surface area contributed by atoms with Crippen molar-refractivity contribution in [1.82, 2.24) is 15.0 Å². The topological polar surface area (TPSA) is 81.8 Å². The van der Waals surface area contributed by atoms with Gasteiger partial charge in [-0.3, -0.25) is 19.7 Å². The Hall–Kier alpha value is -2.30. The van der Waals surface area contributed by atoms with Gasteiger partial charge in [0, 0.05) is 24.2 Å². The van der Waals surface area contributed by atoms with Gasteiger partial charge in [-0.25, -0.2) is 0 Å². The molecule has 0 aliphatic heterocycles. The highest BCUT2D eigenvalue weighted by Crippen LogP contribution is 2.22. The van der Waals surface area contributed by atoms with E-state index in [9.17, 15) is 4.79 Å². The average Bonchev–Trinajstić information content (AvgIpc) is 2.29. The largest absolute Gasteiger partial charge is 0.364 e. The van der Waals surface area contributed by atoms with Gasteiger partial charge in [0.2, 0.25) is 0 Å². The second-order valence-corrected chi connectivity index (χ2v) is 3.31. The smallest absolute Gasteiger partial charge is 0.268 e. The number of amides is 1. The normalized spacial score (nSPS) is 10.1. The van der Waals surface area contributed by atoms with E-state index in [1.807, 2.05) is 6.92 Å². The van der Waals surface area contributed by atoms with Crippen LogP contribution in [0.25, 0.3) is 11.3 Å². The summed E-state index contributed by atoms with van der Waals surface area (Å²) in [6.45, 7) is 1.87. The minimum absolute atomic E-state index is 0.223. The van der Waals surface area contributed by atoms with Gasteiger partial charge in [0.25, 0.3) is 5.91 Å². The number of hydrogen-bond acceptors (Lipinski definition) is 4. The van der Waals surface area contributed by atoms with Crippen molar-refractivity contribution in [3.63, 3.8) is 0 Å². The van der Waals surface area contributed by atoms with E-state index in [0.717, 1.165) is 5.56 Å². The van der Waals surface area contributed by atoms with E-state index in [-0.39, 0.29) is 5.69 Å². The Labute approximate surface area is 92.4 Å². The molecule has 16 heavy (non-hydrogen) atoms. The van der Waals surface area contributed by atoms with Crippen LogP contribution in [-0.2, 0) is 0 Å². The van der Waals surface area contributed by atoms with Crippen LogP contribution in [0.4, 0.5) is 0 Å². The Morgan fingerprint density at radius 3 is 2.69 bits per heavy atom. The Balaban J connectivity index is 2.68. The van der Waals surface area contributed by atoms with Crippen LogP contribution in [0, 0.1) is 6.92 Å². The van der Waals surface area contributed by atoms with Crippen LogP contribution in [-0.4, -0.2) is 20.9 Å². The van der Waals surface area contributed by atoms with E-state index in [1.54, 1.807) is 30.9 Å². The van der Waals surface area contributed by atoms with Crippen LogP contribution in [0.3, 0.4) is 0 Å². The Kier molecular flexibility index (Phi) is 2.59. The van der Waals surface area contributed by atoms with Crippen LogP contribution >= 0.6 is 0 Å². The third kappa shape index (κ3) is 1.75. The maximum Gasteiger partial charge on any atom is 0.268 e. The average molecular weight is 214 g/mol. The molecular formula is C11H10N4O. The lowest BCUT2D eigenvalue weighted by atomic mass is 10.0. The molecule has 5 nitrogen and oxygen atoms in total.